The van der Waals surface area contributed by atoms with E-state index < -0.39 is 77.9 Å². The summed E-state index contributed by atoms with van der Waals surface area (Å²) in [4.78, 5) is 58.4. The molecule has 0 spiro atoms. The molecule has 2 saturated heterocycles. The van der Waals surface area contributed by atoms with Crippen LogP contribution in [0.3, 0.4) is 0 Å². The van der Waals surface area contributed by atoms with Gasteiger partial charge in [0.25, 0.3) is 5.92 Å². The minimum atomic E-state index is -3.22. The summed E-state index contributed by atoms with van der Waals surface area (Å²) >= 11 is 0. The van der Waals surface area contributed by atoms with Gasteiger partial charge in [0.05, 0.1) is 25.3 Å². The van der Waals surface area contributed by atoms with Gasteiger partial charge in [-0.15, -0.1) is 0 Å². The lowest BCUT2D eigenvalue weighted by Crippen LogP contribution is -2.52. The van der Waals surface area contributed by atoms with Crippen LogP contribution >= 0.6 is 0 Å². The van der Waals surface area contributed by atoms with Gasteiger partial charge in [0.1, 0.15) is 16.8 Å². The Bertz CT molecular complexity index is 1570. The summed E-state index contributed by atoms with van der Waals surface area (Å²) in [5, 5.41) is 2.54. The van der Waals surface area contributed by atoms with Crippen LogP contribution in [0.4, 0.5) is 28.0 Å². The van der Waals surface area contributed by atoms with Crippen molar-refractivity contribution in [3.05, 3.63) is 42.4 Å². The molecule has 0 bridgehead atoms. The van der Waals surface area contributed by atoms with E-state index in [1.165, 1.54) is 11.3 Å². The SMILES string of the molecule is CC(C)(C)OC(=O)O[C@H]1CN(C(=O)OC(C)(C)C)[C@H](Cc2ccc(-c3cnco3)cc2)[C@@H]1OC(=O)NCC[C@@H]1CCN(C(=O)OC(C)(C)C)CC1(F)F. The fourth-order valence-corrected chi connectivity index (χ4v) is 6.01. The van der Waals surface area contributed by atoms with E-state index in [4.69, 9.17) is 28.1 Å². The lowest BCUT2D eigenvalue weighted by molar-refractivity contribution is -0.112. The number of amides is 3. The fourth-order valence-electron chi connectivity index (χ4n) is 6.01. The average Bonchev–Trinajstić information content (AvgIpc) is 3.65. The van der Waals surface area contributed by atoms with Gasteiger partial charge in [-0.25, -0.2) is 32.9 Å². The number of hydrogen-bond acceptors (Lipinski definition) is 11. The number of aromatic nitrogens is 1. The molecular weight excluding hydrogens is 698 g/mol. The number of nitrogens with zero attached hydrogens (tertiary/aromatic N) is 3. The van der Waals surface area contributed by atoms with E-state index in [0.717, 1.165) is 16.0 Å². The van der Waals surface area contributed by atoms with E-state index in [2.05, 4.69) is 10.3 Å². The number of oxazole rings is 1. The van der Waals surface area contributed by atoms with Gasteiger partial charge >= 0.3 is 24.4 Å². The third kappa shape index (κ3) is 12.2. The number of alkyl carbamates (subject to hydrolysis) is 1. The second-order valence-electron chi connectivity index (χ2n) is 16.3. The summed E-state index contributed by atoms with van der Waals surface area (Å²) in [6.07, 6.45) is -2.93. The van der Waals surface area contributed by atoms with Gasteiger partial charge in [0.2, 0.25) is 0 Å². The second-order valence-corrected chi connectivity index (χ2v) is 16.3. The van der Waals surface area contributed by atoms with E-state index >= 15 is 8.78 Å². The van der Waals surface area contributed by atoms with E-state index in [1.54, 1.807) is 68.5 Å². The Morgan fingerprint density at radius 3 is 2.09 bits per heavy atom. The minimum absolute atomic E-state index is 0.000452. The zero-order valence-electron chi connectivity index (χ0n) is 31.9. The number of benzene rings is 1. The molecule has 294 valence electrons. The molecule has 1 aromatic heterocycles. The summed E-state index contributed by atoms with van der Waals surface area (Å²) < 4.78 is 63.5. The zero-order chi connectivity index (χ0) is 39.4. The van der Waals surface area contributed by atoms with E-state index in [9.17, 15) is 19.2 Å². The Labute approximate surface area is 308 Å². The lowest BCUT2D eigenvalue weighted by Gasteiger charge is -2.38. The number of carbonyl (C=O) groups excluding carboxylic acids is 4. The van der Waals surface area contributed by atoms with Gasteiger partial charge in [0.15, 0.2) is 24.4 Å². The molecule has 1 aromatic carbocycles. The van der Waals surface area contributed by atoms with Gasteiger partial charge in [-0.2, -0.15) is 0 Å². The number of likely N-dealkylation sites (tertiary alicyclic amines) is 2. The molecule has 3 amide bonds. The molecule has 2 aliphatic rings. The zero-order valence-corrected chi connectivity index (χ0v) is 31.9. The van der Waals surface area contributed by atoms with Crippen molar-refractivity contribution in [3.63, 3.8) is 0 Å². The highest BCUT2D eigenvalue weighted by molar-refractivity contribution is 5.71. The Kier molecular flexibility index (Phi) is 12.5. The highest BCUT2D eigenvalue weighted by Gasteiger charge is 2.51. The van der Waals surface area contributed by atoms with Crippen LogP contribution in [0.1, 0.15) is 80.7 Å². The van der Waals surface area contributed by atoms with Crippen molar-refractivity contribution in [3.8, 4) is 11.3 Å². The predicted molar refractivity (Wildman–Crippen MR) is 187 cm³/mol. The van der Waals surface area contributed by atoms with Gasteiger partial charge in [-0.3, -0.25) is 4.90 Å². The molecule has 0 unspecified atom stereocenters. The highest BCUT2D eigenvalue weighted by Crippen LogP contribution is 2.36. The lowest BCUT2D eigenvalue weighted by atomic mass is 9.90. The van der Waals surface area contributed by atoms with E-state index in [1.807, 2.05) is 24.3 Å². The number of hydrogen-bond donors (Lipinski definition) is 1. The maximum Gasteiger partial charge on any atom is 0.509 e. The number of ether oxygens (including phenoxy) is 5. The van der Waals surface area contributed by atoms with Crippen LogP contribution in [0.2, 0.25) is 0 Å². The maximum atomic E-state index is 15.1. The van der Waals surface area contributed by atoms with Gasteiger partial charge in [0, 0.05) is 24.6 Å². The molecule has 2 fully saturated rings. The average molecular weight is 751 g/mol. The summed E-state index contributed by atoms with van der Waals surface area (Å²) in [6.45, 7) is 14.0. The molecule has 2 aromatic rings. The van der Waals surface area contributed by atoms with Crippen molar-refractivity contribution >= 4 is 24.4 Å². The van der Waals surface area contributed by atoms with Crippen molar-refractivity contribution in [1.82, 2.24) is 20.1 Å². The fraction of sp³-hybridized carbons (Fsp3) is 0.649. The predicted octanol–water partition coefficient (Wildman–Crippen LogP) is 7.20. The number of piperidine rings is 1. The molecule has 4 rings (SSSR count). The molecule has 16 heteroatoms. The van der Waals surface area contributed by atoms with Crippen LogP contribution in [0, 0.1) is 5.92 Å². The normalized spacial score (nSPS) is 21.8. The van der Waals surface area contributed by atoms with Gasteiger partial charge in [-0.05, 0) is 87.1 Å². The second kappa shape index (κ2) is 16.2. The van der Waals surface area contributed by atoms with Crippen LogP contribution in [0.5, 0.6) is 0 Å². The first-order valence-electron chi connectivity index (χ1n) is 17.7. The van der Waals surface area contributed by atoms with Crippen molar-refractivity contribution in [1.29, 1.82) is 0 Å². The molecular formula is C37H52F2N4O10. The smallest absolute Gasteiger partial charge is 0.444 e. The quantitative estimate of drug-likeness (QED) is 0.215. The Hall–Kier alpha value is -4.63. The number of halogens is 2. The first kappa shape index (κ1) is 41.1. The van der Waals surface area contributed by atoms with E-state index in [-0.39, 0.29) is 38.9 Å². The molecule has 0 aliphatic carbocycles. The van der Waals surface area contributed by atoms with Crippen molar-refractivity contribution in [2.45, 2.75) is 123 Å². The number of carbonyl (C=O) groups is 4. The number of alkyl halides is 2. The molecule has 53 heavy (non-hydrogen) atoms. The number of rotatable bonds is 8. The first-order chi connectivity index (χ1) is 24.5. The summed E-state index contributed by atoms with van der Waals surface area (Å²) in [6, 6.07) is 6.39. The Morgan fingerprint density at radius 1 is 0.906 bits per heavy atom. The summed E-state index contributed by atoms with van der Waals surface area (Å²) in [7, 11) is 0. The van der Waals surface area contributed by atoms with Gasteiger partial charge in [-0.1, -0.05) is 24.3 Å². The minimum Gasteiger partial charge on any atom is -0.444 e. The Balaban J connectivity index is 1.50. The van der Waals surface area contributed by atoms with Crippen LogP contribution in [0.15, 0.2) is 41.3 Å². The Morgan fingerprint density at radius 2 is 1.53 bits per heavy atom. The highest BCUT2D eigenvalue weighted by atomic mass is 19.3. The maximum absolute atomic E-state index is 15.1. The molecule has 0 radical (unpaired) electrons. The van der Waals surface area contributed by atoms with E-state index in [0.29, 0.717) is 5.76 Å². The summed E-state index contributed by atoms with van der Waals surface area (Å²) in [5.74, 6) is -3.78. The molecule has 3 heterocycles. The third-order valence-electron chi connectivity index (χ3n) is 8.31. The molecule has 1 N–H and O–H groups in total. The van der Waals surface area contributed by atoms with Crippen molar-refractivity contribution in [2.75, 3.05) is 26.2 Å². The molecule has 2 aliphatic heterocycles. The van der Waals surface area contributed by atoms with Crippen molar-refractivity contribution in [2.24, 2.45) is 5.92 Å². The number of nitrogens with one attached hydrogen (secondary N) is 1. The van der Waals surface area contributed by atoms with Crippen molar-refractivity contribution < 1.29 is 56.1 Å². The molecule has 14 nitrogen and oxygen atoms in total. The molecule has 4 atom stereocenters. The van der Waals surface area contributed by atoms with Crippen LogP contribution in [-0.4, -0.2) is 106 Å². The first-order valence-corrected chi connectivity index (χ1v) is 17.7. The largest absolute Gasteiger partial charge is 0.509 e. The van der Waals surface area contributed by atoms with Crippen LogP contribution in [0.25, 0.3) is 11.3 Å². The monoisotopic (exact) mass is 750 g/mol. The van der Waals surface area contributed by atoms with Gasteiger partial charge < -0.3 is 38.3 Å². The standard InChI is InChI=1S/C37H52F2N4O10/c1-34(2,3)51-31(45)42-17-15-25(37(38,39)21-42)14-16-41-30(44)50-29-26(18-23-10-12-24(13-11-23)27-19-40-22-48-27)43(32(46)52-35(4,5)6)20-28(29)49-33(47)53-36(7,8)9/h10-13,19,22,25-26,28-29H,14-18,20-21H2,1-9H3,(H,41,44)/t25-,26-,28+,29+/m1/s1. The third-order valence-corrected chi connectivity index (χ3v) is 8.31. The summed E-state index contributed by atoms with van der Waals surface area (Å²) in [5.41, 5.74) is -1.08. The topological polar surface area (TPSA) is 159 Å². The van der Waals surface area contributed by atoms with Crippen LogP contribution < -0.4 is 5.32 Å². The molecule has 0 saturated carbocycles. The van der Waals surface area contributed by atoms with Crippen LogP contribution in [-0.2, 0) is 30.1 Å².